The summed E-state index contributed by atoms with van der Waals surface area (Å²) in [4.78, 5) is 13.0. The molecule has 9 heteroatoms. The number of aliphatic hydroxyl groups is 5. The predicted molar refractivity (Wildman–Crippen MR) is 258 cm³/mol. The monoisotopic (exact) mass is 878 g/mol. The number of nitrogens with one attached hydrogen (secondary N) is 1. The van der Waals surface area contributed by atoms with Crippen LogP contribution in [0.15, 0.2) is 36.5 Å². The number of amides is 1. The highest BCUT2D eigenvalue weighted by Crippen LogP contribution is 2.23. The summed E-state index contributed by atoms with van der Waals surface area (Å²) < 4.78 is 11.2. The molecule has 0 saturated carbocycles. The third kappa shape index (κ3) is 33.0. The van der Waals surface area contributed by atoms with E-state index in [2.05, 4.69) is 43.5 Å². The summed E-state index contributed by atoms with van der Waals surface area (Å²) in [7, 11) is 0. The zero-order valence-corrected chi connectivity index (χ0v) is 40.1. The minimum Gasteiger partial charge on any atom is -0.394 e. The van der Waals surface area contributed by atoms with Crippen molar-refractivity contribution in [3.8, 4) is 0 Å². The normalized spacial score (nSPS) is 20.5. The van der Waals surface area contributed by atoms with E-state index in [0.717, 1.165) is 44.9 Å². The van der Waals surface area contributed by atoms with Gasteiger partial charge in [-0.15, -0.1) is 0 Å². The second kappa shape index (κ2) is 43.3. The molecule has 7 atom stereocenters. The number of allylic oxidation sites excluding steroid dienone is 5. The number of hydrogen-bond donors (Lipinski definition) is 6. The third-order valence-corrected chi connectivity index (χ3v) is 12.5. The molecule has 1 aliphatic rings. The van der Waals surface area contributed by atoms with Gasteiger partial charge in [0.05, 0.1) is 25.4 Å². The molecule has 1 fully saturated rings. The highest BCUT2D eigenvalue weighted by atomic mass is 16.7. The first-order chi connectivity index (χ1) is 30.3. The average molecular weight is 878 g/mol. The molecule has 0 aromatic heterocycles. The van der Waals surface area contributed by atoms with Crippen LogP contribution in [0.4, 0.5) is 0 Å². The molecule has 1 saturated heterocycles. The van der Waals surface area contributed by atoms with E-state index in [1.54, 1.807) is 6.08 Å². The van der Waals surface area contributed by atoms with Crippen LogP contribution < -0.4 is 5.32 Å². The van der Waals surface area contributed by atoms with Crippen LogP contribution in [0.25, 0.3) is 0 Å². The molecule has 1 rings (SSSR count). The summed E-state index contributed by atoms with van der Waals surface area (Å²) in [5.74, 6) is -0.180. The van der Waals surface area contributed by atoms with Crippen LogP contribution in [0.5, 0.6) is 0 Å². The van der Waals surface area contributed by atoms with Crippen molar-refractivity contribution in [1.82, 2.24) is 5.32 Å². The Balaban J connectivity index is 2.29. The number of carbonyl (C=O) groups excluding carboxylic acids is 1. The van der Waals surface area contributed by atoms with Crippen molar-refractivity contribution in [2.75, 3.05) is 13.2 Å². The molecule has 1 heterocycles. The molecule has 62 heavy (non-hydrogen) atoms. The summed E-state index contributed by atoms with van der Waals surface area (Å²) in [5, 5.41) is 54.4. The van der Waals surface area contributed by atoms with Crippen LogP contribution in [0.2, 0.25) is 0 Å². The number of aliphatic hydroxyl groups excluding tert-OH is 5. The summed E-state index contributed by atoms with van der Waals surface area (Å²) in [6, 6.07) is -0.806. The average Bonchev–Trinajstić information content (AvgIpc) is 3.27. The highest BCUT2D eigenvalue weighted by molar-refractivity contribution is 5.76. The Bertz CT molecular complexity index is 1070. The van der Waals surface area contributed by atoms with Crippen molar-refractivity contribution in [2.45, 2.75) is 281 Å². The van der Waals surface area contributed by atoms with Gasteiger partial charge in [-0.2, -0.15) is 0 Å². The SMILES string of the molecule is CCCCCCC/C=C\C/C=C\CCCCCCCCCCCC(=O)NC(COC1OC(CO)C(O)C(O)C1O)C(O)/C=C/CCCCCCCCCCCCCCCCCC. The minimum absolute atomic E-state index is 0.180. The van der Waals surface area contributed by atoms with Crippen LogP contribution in [-0.2, 0) is 14.3 Å². The molecule has 9 nitrogen and oxygen atoms in total. The lowest BCUT2D eigenvalue weighted by Gasteiger charge is -2.40. The number of rotatable bonds is 44. The molecule has 0 aromatic carbocycles. The second-order valence-electron chi connectivity index (χ2n) is 18.3. The van der Waals surface area contributed by atoms with Crippen molar-refractivity contribution in [2.24, 2.45) is 0 Å². The number of carbonyl (C=O) groups is 1. The standard InChI is InChI=1S/C53H99NO8/c1-3-5-7-9-11-13-15-17-19-21-23-24-25-27-29-31-33-35-37-39-41-43-49(57)54-46(45-61-53-52(60)51(59)50(58)48(44-55)62-53)47(56)42-40-38-36-34-32-30-28-26-22-20-18-16-14-12-10-8-6-4-2/h15,17,21,23,40,42,46-48,50-53,55-56,58-60H,3-14,16,18-20,22,24-39,41,43-45H2,1-2H3,(H,54,57)/b17-15-,23-21-,42-40+. The van der Waals surface area contributed by atoms with Gasteiger partial charge >= 0.3 is 0 Å². The van der Waals surface area contributed by atoms with E-state index in [4.69, 9.17) is 9.47 Å². The quantitative estimate of drug-likeness (QED) is 0.0262. The van der Waals surface area contributed by atoms with Crippen molar-refractivity contribution >= 4 is 5.91 Å². The molecule has 364 valence electrons. The van der Waals surface area contributed by atoms with Crippen molar-refractivity contribution in [1.29, 1.82) is 0 Å². The molecule has 0 radical (unpaired) electrons. The van der Waals surface area contributed by atoms with Gasteiger partial charge in [-0.25, -0.2) is 0 Å². The molecule has 0 aromatic rings. The van der Waals surface area contributed by atoms with E-state index >= 15 is 0 Å². The molecule has 6 N–H and O–H groups in total. The highest BCUT2D eigenvalue weighted by Gasteiger charge is 2.44. The van der Waals surface area contributed by atoms with E-state index in [1.165, 1.54) is 173 Å². The van der Waals surface area contributed by atoms with E-state index in [0.29, 0.717) is 6.42 Å². The van der Waals surface area contributed by atoms with E-state index in [9.17, 15) is 30.3 Å². The first-order valence-corrected chi connectivity index (χ1v) is 26.2. The van der Waals surface area contributed by atoms with Gasteiger partial charge in [0.15, 0.2) is 6.29 Å². The van der Waals surface area contributed by atoms with Gasteiger partial charge < -0.3 is 40.3 Å². The summed E-state index contributed by atoms with van der Waals surface area (Å²) in [6.45, 7) is 3.78. The van der Waals surface area contributed by atoms with Gasteiger partial charge in [0.2, 0.25) is 5.91 Å². The van der Waals surface area contributed by atoms with Crippen molar-refractivity contribution in [3.05, 3.63) is 36.5 Å². The smallest absolute Gasteiger partial charge is 0.220 e. The predicted octanol–water partition coefficient (Wildman–Crippen LogP) is 12.0. The molecule has 0 spiro atoms. The molecule has 1 aliphatic heterocycles. The molecule has 7 unspecified atom stereocenters. The number of unbranched alkanes of at least 4 members (excludes halogenated alkanes) is 30. The number of hydrogen-bond acceptors (Lipinski definition) is 8. The Kier molecular flexibility index (Phi) is 40.8. The first kappa shape index (κ1) is 58.4. The van der Waals surface area contributed by atoms with Gasteiger partial charge in [0.1, 0.15) is 24.4 Å². The number of ether oxygens (including phenoxy) is 2. The maximum absolute atomic E-state index is 13.0. The summed E-state index contributed by atoms with van der Waals surface area (Å²) in [5.41, 5.74) is 0. The van der Waals surface area contributed by atoms with Crippen LogP contribution >= 0.6 is 0 Å². The topological polar surface area (TPSA) is 149 Å². The van der Waals surface area contributed by atoms with Crippen molar-refractivity contribution < 1.29 is 39.8 Å². The Labute approximate surface area is 381 Å². The maximum Gasteiger partial charge on any atom is 0.220 e. The van der Waals surface area contributed by atoms with Crippen molar-refractivity contribution in [3.63, 3.8) is 0 Å². The first-order valence-electron chi connectivity index (χ1n) is 26.2. The molecular weight excluding hydrogens is 779 g/mol. The van der Waals surface area contributed by atoms with Gasteiger partial charge in [0.25, 0.3) is 0 Å². The van der Waals surface area contributed by atoms with Gasteiger partial charge in [-0.1, -0.05) is 217 Å². The lowest BCUT2D eigenvalue weighted by atomic mass is 9.99. The summed E-state index contributed by atoms with van der Waals surface area (Å²) in [6.07, 6.45) is 47.6. The van der Waals surface area contributed by atoms with Crippen LogP contribution in [0, 0.1) is 0 Å². The second-order valence-corrected chi connectivity index (χ2v) is 18.3. The lowest BCUT2D eigenvalue weighted by Crippen LogP contribution is -2.60. The van der Waals surface area contributed by atoms with Crippen LogP contribution in [0.3, 0.4) is 0 Å². The Morgan fingerprint density at radius 3 is 1.39 bits per heavy atom. The van der Waals surface area contributed by atoms with E-state index in [1.807, 2.05) is 6.08 Å². The zero-order chi connectivity index (χ0) is 45.1. The minimum atomic E-state index is -1.57. The Hall–Kier alpha value is -1.59. The fraction of sp³-hybridized carbons (Fsp3) is 0.868. The third-order valence-electron chi connectivity index (χ3n) is 12.5. The van der Waals surface area contributed by atoms with Gasteiger partial charge in [-0.05, 0) is 51.4 Å². The maximum atomic E-state index is 13.0. The zero-order valence-electron chi connectivity index (χ0n) is 40.1. The van der Waals surface area contributed by atoms with E-state index < -0.39 is 49.5 Å². The van der Waals surface area contributed by atoms with E-state index in [-0.39, 0.29) is 12.5 Å². The fourth-order valence-corrected chi connectivity index (χ4v) is 8.25. The molecule has 0 bridgehead atoms. The molecular formula is C53H99NO8. The van der Waals surface area contributed by atoms with Gasteiger partial charge in [-0.3, -0.25) is 4.79 Å². The summed E-state index contributed by atoms with van der Waals surface area (Å²) >= 11 is 0. The Morgan fingerprint density at radius 2 is 0.952 bits per heavy atom. The Morgan fingerprint density at radius 1 is 0.548 bits per heavy atom. The lowest BCUT2D eigenvalue weighted by molar-refractivity contribution is -0.302. The molecule has 1 amide bonds. The fourth-order valence-electron chi connectivity index (χ4n) is 8.25. The van der Waals surface area contributed by atoms with Crippen LogP contribution in [-0.4, -0.2) is 87.5 Å². The van der Waals surface area contributed by atoms with Gasteiger partial charge in [0, 0.05) is 6.42 Å². The van der Waals surface area contributed by atoms with Crippen LogP contribution in [0.1, 0.15) is 239 Å². The largest absolute Gasteiger partial charge is 0.394 e. The molecule has 0 aliphatic carbocycles.